The number of aromatic nitrogens is 4. The summed E-state index contributed by atoms with van der Waals surface area (Å²) in [5, 5.41) is 26.5. The Kier molecular flexibility index (Phi) is 12.3. The molecule has 58 heavy (non-hydrogen) atoms. The normalized spacial score (nSPS) is 12.0. The lowest BCUT2D eigenvalue weighted by molar-refractivity contribution is -0.384. The number of rotatable bonds is 7. The fourth-order valence-corrected chi connectivity index (χ4v) is 8.42. The van der Waals surface area contributed by atoms with Gasteiger partial charge in [0.05, 0.1) is 54.4 Å². The third-order valence-corrected chi connectivity index (χ3v) is 11.9. The standard InChI is InChI=1S/C15H18ClN5O.C15H11ClN2O4S.C8H5ClN2O2/c1-17-15(22)20(2)11-5-13(16)12-3-4-21(14(12)6-11)8-10-7-18-9-19-10;1-10-2-4-12(5-3-10)23(21,22)17-7-6-13-14(16)8-11(18(19)20)9-15(13)17;9-7-3-5(11(12)13)4-8-6(7)1-2-10-8/h5-7,9H,3-4,8H2,1-2H3,(H,17,22)(H,18,19);2-9H,1H3;1-4,10H. The number of imidazole rings is 1. The van der Waals surface area contributed by atoms with Crippen LogP contribution in [0, 0.1) is 27.2 Å². The molecule has 1 aliphatic rings. The molecule has 2 amide bonds. The summed E-state index contributed by atoms with van der Waals surface area (Å²) in [6, 6.07) is 18.6. The van der Waals surface area contributed by atoms with Crippen molar-refractivity contribution in [3.63, 3.8) is 0 Å². The number of nitrogens with one attached hydrogen (secondary N) is 3. The largest absolute Gasteiger partial charge is 0.365 e. The van der Waals surface area contributed by atoms with Crippen LogP contribution in [0.15, 0.2) is 103 Å². The molecule has 0 spiro atoms. The molecule has 0 saturated heterocycles. The molecule has 0 unspecified atom stereocenters. The maximum atomic E-state index is 12.8. The Morgan fingerprint density at radius 2 is 1.59 bits per heavy atom. The van der Waals surface area contributed by atoms with Gasteiger partial charge in [-0.05, 0) is 55.3 Å². The van der Waals surface area contributed by atoms with Gasteiger partial charge < -0.3 is 20.2 Å². The smallest absolute Gasteiger partial charge is 0.321 e. The lowest BCUT2D eigenvalue weighted by atomic mass is 10.1. The van der Waals surface area contributed by atoms with Gasteiger partial charge in [-0.2, -0.15) is 0 Å². The summed E-state index contributed by atoms with van der Waals surface area (Å²) in [5.74, 6) is 0. The van der Waals surface area contributed by atoms with E-state index in [1.54, 1.807) is 49.7 Å². The quantitative estimate of drug-likeness (QED) is 0.103. The van der Waals surface area contributed by atoms with Crippen molar-refractivity contribution in [2.75, 3.05) is 30.4 Å². The Bertz CT molecular complexity index is 2770. The summed E-state index contributed by atoms with van der Waals surface area (Å²) in [6.07, 6.45) is 7.44. The summed E-state index contributed by atoms with van der Waals surface area (Å²) >= 11 is 18.3. The van der Waals surface area contributed by atoms with Crippen LogP contribution < -0.4 is 15.1 Å². The second-order valence-electron chi connectivity index (χ2n) is 13.0. The molecule has 16 nitrogen and oxygen atoms in total. The van der Waals surface area contributed by atoms with Crippen molar-refractivity contribution < 1.29 is 23.1 Å². The monoisotopic (exact) mass is 865 g/mol. The van der Waals surface area contributed by atoms with Crippen LogP contribution in [0.4, 0.5) is 27.5 Å². The first-order chi connectivity index (χ1) is 27.6. The van der Waals surface area contributed by atoms with E-state index in [0.717, 1.165) is 57.1 Å². The minimum atomic E-state index is -3.86. The summed E-state index contributed by atoms with van der Waals surface area (Å²) < 4.78 is 26.5. The van der Waals surface area contributed by atoms with Gasteiger partial charge >= 0.3 is 6.03 Å². The summed E-state index contributed by atoms with van der Waals surface area (Å²) in [4.78, 5) is 46.1. The fraction of sp³-hybridized carbons (Fsp3) is 0.158. The summed E-state index contributed by atoms with van der Waals surface area (Å²) in [6.45, 7) is 3.50. The zero-order valence-corrected chi connectivity index (χ0v) is 34.0. The van der Waals surface area contributed by atoms with Gasteiger partial charge in [0.2, 0.25) is 0 Å². The number of aryl methyl sites for hydroxylation is 1. The van der Waals surface area contributed by atoms with Crippen LogP contribution in [-0.2, 0) is 23.0 Å². The molecule has 7 aromatic rings. The molecule has 3 aromatic heterocycles. The van der Waals surface area contributed by atoms with Crippen molar-refractivity contribution in [1.29, 1.82) is 0 Å². The molecule has 4 heterocycles. The predicted molar refractivity (Wildman–Crippen MR) is 225 cm³/mol. The first kappa shape index (κ1) is 41.5. The van der Waals surface area contributed by atoms with Gasteiger partial charge in [0.25, 0.3) is 21.4 Å². The van der Waals surface area contributed by atoms with Gasteiger partial charge in [-0.3, -0.25) is 25.1 Å². The van der Waals surface area contributed by atoms with Gasteiger partial charge in [0.1, 0.15) is 0 Å². The number of nitro benzene ring substituents is 2. The third-order valence-electron chi connectivity index (χ3n) is 9.26. The molecule has 8 rings (SSSR count). The zero-order chi connectivity index (χ0) is 41.9. The maximum absolute atomic E-state index is 12.8. The first-order valence-electron chi connectivity index (χ1n) is 17.3. The number of H-pyrrole nitrogens is 2. The molecule has 4 aromatic carbocycles. The molecule has 0 saturated carbocycles. The van der Waals surface area contributed by atoms with Crippen molar-refractivity contribution in [3.8, 4) is 0 Å². The second kappa shape index (κ2) is 17.2. The van der Waals surface area contributed by atoms with Crippen LogP contribution in [0.25, 0.3) is 21.8 Å². The molecule has 3 N–H and O–H groups in total. The highest BCUT2D eigenvalue weighted by atomic mass is 35.5. The van der Waals surface area contributed by atoms with Gasteiger partial charge in [-0.25, -0.2) is 22.2 Å². The lowest BCUT2D eigenvalue weighted by Gasteiger charge is -2.22. The molecular formula is C38H34Cl3N9O7S. The number of fused-ring (bicyclic) bond motifs is 3. The minimum absolute atomic E-state index is 0.0000463. The number of aromatic amines is 2. The molecule has 0 aliphatic carbocycles. The van der Waals surface area contributed by atoms with E-state index >= 15 is 0 Å². The molecule has 1 aliphatic heterocycles. The number of nitro groups is 2. The van der Waals surface area contributed by atoms with E-state index in [2.05, 4.69) is 25.2 Å². The van der Waals surface area contributed by atoms with E-state index in [1.807, 2.05) is 25.3 Å². The fourth-order valence-electron chi connectivity index (χ4n) is 6.24. The number of non-ortho nitro benzene ring substituents is 2. The van der Waals surface area contributed by atoms with E-state index in [9.17, 15) is 33.4 Å². The van der Waals surface area contributed by atoms with Crippen LogP contribution in [0.5, 0.6) is 0 Å². The number of amides is 2. The summed E-state index contributed by atoms with van der Waals surface area (Å²) in [5.41, 5.74) is 5.56. The van der Waals surface area contributed by atoms with Crippen molar-refractivity contribution in [3.05, 3.63) is 150 Å². The van der Waals surface area contributed by atoms with E-state index < -0.39 is 19.9 Å². The SMILES string of the molecule is CNC(=O)N(C)c1cc(Cl)c2c(c1)N(Cc1cnc[nH]1)CC2.Cc1ccc(S(=O)(=O)n2ccc3c(Cl)cc([N+](=O)[O-])cc32)cc1.O=[N+]([O-])c1cc(Cl)c2cc[nH]c2c1. The van der Waals surface area contributed by atoms with Gasteiger partial charge in [-0.1, -0.05) is 52.5 Å². The lowest BCUT2D eigenvalue weighted by Crippen LogP contribution is -2.34. The first-order valence-corrected chi connectivity index (χ1v) is 19.8. The Balaban J connectivity index is 0.000000152. The van der Waals surface area contributed by atoms with Gasteiger partial charge in [0, 0.05) is 90.7 Å². The van der Waals surface area contributed by atoms with Crippen LogP contribution in [0.2, 0.25) is 15.1 Å². The van der Waals surface area contributed by atoms with E-state index in [4.69, 9.17) is 34.8 Å². The van der Waals surface area contributed by atoms with Crippen molar-refractivity contribution in [2.45, 2.75) is 24.8 Å². The molecule has 0 radical (unpaired) electrons. The number of urea groups is 1. The highest BCUT2D eigenvalue weighted by Gasteiger charge is 2.25. The zero-order valence-electron chi connectivity index (χ0n) is 30.9. The number of hydrogen-bond donors (Lipinski definition) is 3. The van der Waals surface area contributed by atoms with E-state index in [-0.39, 0.29) is 32.8 Å². The Morgan fingerprint density at radius 1 is 0.914 bits per heavy atom. The van der Waals surface area contributed by atoms with Crippen molar-refractivity contribution in [2.24, 2.45) is 0 Å². The average Bonchev–Trinajstić information content (AvgIpc) is 4.03. The van der Waals surface area contributed by atoms with Crippen LogP contribution >= 0.6 is 34.8 Å². The van der Waals surface area contributed by atoms with Crippen LogP contribution in [-0.4, -0.2) is 63.9 Å². The van der Waals surface area contributed by atoms with E-state index in [0.29, 0.717) is 20.9 Å². The number of hydrogen-bond acceptors (Lipinski definition) is 9. The van der Waals surface area contributed by atoms with Gasteiger partial charge in [-0.15, -0.1) is 0 Å². The highest BCUT2D eigenvalue weighted by molar-refractivity contribution is 7.90. The highest BCUT2D eigenvalue weighted by Crippen LogP contribution is 2.38. The second-order valence-corrected chi connectivity index (χ2v) is 16.0. The molecule has 20 heteroatoms. The Labute approximate surface area is 346 Å². The van der Waals surface area contributed by atoms with Crippen molar-refractivity contribution >= 4 is 95.4 Å². The van der Waals surface area contributed by atoms with Crippen LogP contribution in [0.1, 0.15) is 16.8 Å². The maximum Gasteiger partial charge on any atom is 0.321 e. The van der Waals surface area contributed by atoms with Crippen molar-refractivity contribution in [1.82, 2.24) is 24.2 Å². The number of nitrogens with zero attached hydrogens (tertiary/aromatic N) is 6. The number of carbonyl (C=O) groups excluding carboxylic acids is 1. The third kappa shape index (κ3) is 8.72. The number of benzene rings is 4. The minimum Gasteiger partial charge on any atom is -0.365 e. The summed E-state index contributed by atoms with van der Waals surface area (Å²) in [7, 11) is -0.526. The van der Waals surface area contributed by atoms with E-state index in [1.165, 1.54) is 48.7 Å². The number of halogens is 3. The molecule has 0 atom stereocenters. The molecular weight excluding hydrogens is 833 g/mol. The van der Waals surface area contributed by atoms with Crippen LogP contribution in [0.3, 0.4) is 0 Å². The number of carbonyl (C=O) groups is 1. The molecule has 0 bridgehead atoms. The Morgan fingerprint density at radius 3 is 2.22 bits per heavy atom. The Hall–Kier alpha value is -6.14. The topological polar surface area (TPSA) is 205 Å². The average molecular weight is 867 g/mol. The molecule has 300 valence electrons. The van der Waals surface area contributed by atoms with Gasteiger partial charge in [0.15, 0.2) is 0 Å². The predicted octanol–water partition coefficient (Wildman–Crippen LogP) is 8.88. The number of anilines is 2. The molecule has 0 fully saturated rings.